The molecule has 0 radical (unpaired) electrons. The van der Waals surface area contributed by atoms with Crippen LogP contribution in [0.1, 0.15) is 17.9 Å². The van der Waals surface area contributed by atoms with E-state index in [4.69, 9.17) is 5.73 Å². The van der Waals surface area contributed by atoms with Crippen molar-refractivity contribution in [2.45, 2.75) is 12.3 Å². The van der Waals surface area contributed by atoms with Crippen molar-refractivity contribution in [2.75, 3.05) is 25.0 Å². The third-order valence-corrected chi connectivity index (χ3v) is 2.89. The van der Waals surface area contributed by atoms with Crippen LogP contribution in [0.5, 0.6) is 0 Å². The summed E-state index contributed by atoms with van der Waals surface area (Å²) in [5.74, 6) is 0.562. The maximum atomic E-state index is 5.75. The fourth-order valence-electron chi connectivity index (χ4n) is 2.05. The van der Waals surface area contributed by atoms with Gasteiger partial charge in [0.2, 0.25) is 0 Å². The summed E-state index contributed by atoms with van der Waals surface area (Å²) < 4.78 is 0. The van der Waals surface area contributed by atoms with E-state index in [9.17, 15) is 0 Å². The fraction of sp³-hybridized carbons (Fsp3) is 0.455. The summed E-state index contributed by atoms with van der Waals surface area (Å²) in [7, 11) is 2.14. The van der Waals surface area contributed by atoms with Gasteiger partial charge in [-0.3, -0.25) is 0 Å². The Hall–Kier alpha value is -1.02. The predicted molar refractivity (Wildman–Crippen MR) is 56.1 cm³/mol. The Balaban J connectivity index is 2.42. The molecule has 0 bridgehead atoms. The van der Waals surface area contributed by atoms with Crippen LogP contribution < -0.4 is 10.6 Å². The molecule has 70 valence electrons. The third-order valence-electron chi connectivity index (χ3n) is 2.89. The molecule has 0 aliphatic carbocycles. The van der Waals surface area contributed by atoms with Gasteiger partial charge in [0, 0.05) is 19.3 Å². The van der Waals surface area contributed by atoms with Gasteiger partial charge >= 0.3 is 0 Å². The Labute approximate surface area is 79.4 Å². The molecule has 2 N–H and O–H groups in total. The Morgan fingerprint density at radius 1 is 1.46 bits per heavy atom. The molecule has 2 heteroatoms. The minimum atomic E-state index is 0.562. The van der Waals surface area contributed by atoms with E-state index in [0.29, 0.717) is 5.92 Å². The largest absolute Gasteiger partial charge is 0.374 e. The number of rotatable bonds is 1. The molecule has 1 heterocycles. The molecule has 1 aliphatic heterocycles. The standard InChI is InChI=1S/C11H16N2/c1-13-7-6-9(8-12)10-4-2-3-5-11(10)13/h2-5,9H,6-8,12H2,1H3/t9-/m1/s1. The van der Waals surface area contributed by atoms with E-state index in [2.05, 4.69) is 36.2 Å². The smallest absolute Gasteiger partial charge is 0.0399 e. The van der Waals surface area contributed by atoms with E-state index < -0.39 is 0 Å². The first-order valence-electron chi connectivity index (χ1n) is 4.83. The molecule has 0 saturated heterocycles. The lowest BCUT2D eigenvalue weighted by Crippen LogP contribution is -2.29. The van der Waals surface area contributed by atoms with Crippen LogP contribution in [0, 0.1) is 0 Å². The SMILES string of the molecule is CN1CC[C@H](CN)c2ccccc21. The fourth-order valence-corrected chi connectivity index (χ4v) is 2.05. The second kappa shape index (κ2) is 3.38. The molecule has 1 atom stereocenters. The molecule has 0 aromatic heterocycles. The van der Waals surface area contributed by atoms with Gasteiger partial charge in [0.15, 0.2) is 0 Å². The highest BCUT2D eigenvalue weighted by Gasteiger charge is 2.20. The van der Waals surface area contributed by atoms with Crippen LogP contribution in [0.4, 0.5) is 5.69 Å². The molecule has 2 rings (SSSR count). The molecule has 1 aliphatic rings. The Bertz CT molecular complexity index is 296. The van der Waals surface area contributed by atoms with Crippen LogP contribution in [0.25, 0.3) is 0 Å². The van der Waals surface area contributed by atoms with E-state index in [1.165, 1.54) is 17.7 Å². The lowest BCUT2D eigenvalue weighted by Gasteiger charge is -2.32. The number of hydrogen-bond acceptors (Lipinski definition) is 2. The third kappa shape index (κ3) is 1.42. The van der Waals surface area contributed by atoms with Gasteiger partial charge in [-0.1, -0.05) is 18.2 Å². The summed E-state index contributed by atoms with van der Waals surface area (Å²) in [6.45, 7) is 1.89. The second-order valence-electron chi connectivity index (χ2n) is 3.70. The number of nitrogens with two attached hydrogens (primary N) is 1. The minimum Gasteiger partial charge on any atom is -0.374 e. The van der Waals surface area contributed by atoms with Crippen molar-refractivity contribution in [3.8, 4) is 0 Å². The first kappa shape index (κ1) is 8.57. The number of benzene rings is 1. The van der Waals surface area contributed by atoms with Crippen molar-refractivity contribution in [3.05, 3.63) is 29.8 Å². The second-order valence-corrected chi connectivity index (χ2v) is 3.70. The van der Waals surface area contributed by atoms with Gasteiger partial charge in [-0.05, 0) is 30.5 Å². The topological polar surface area (TPSA) is 29.3 Å². The lowest BCUT2D eigenvalue weighted by molar-refractivity contribution is 0.601. The van der Waals surface area contributed by atoms with Gasteiger partial charge in [-0.15, -0.1) is 0 Å². The van der Waals surface area contributed by atoms with Gasteiger partial charge in [0.05, 0.1) is 0 Å². The average molecular weight is 176 g/mol. The first-order chi connectivity index (χ1) is 6.33. The average Bonchev–Trinajstić information content (AvgIpc) is 2.19. The molecule has 1 aromatic rings. The Morgan fingerprint density at radius 2 is 2.23 bits per heavy atom. The summed E-state index contributed by atoms with van der Waals surface area (Å²) in [6.07, 6.45) is 1.18. The summed E-state index contributed by atoms with van der Waals surface area (Å²) in [6, 6.07) is 8.56. The maximum Gasteiger partial charge on any atom is 0.0399 e. The zero-order valence-corrected chi connectivity index (χ0v) is 8.03. The highest BCUT2D eigenvalue weighted by Crippen LogP contribution is 2.33. The molecule has 0 fully saturated rings. The van der Waals surface area contributed by atoms with Crippen molar-refractivity contribution in [3.63, 3.8) is 0 Å². The van der Waals surface area contributed by atoms with Crippen LogP contribution in [0.2, 0.25) is 0 Å². The van der Waals surface area contributed by atoms with Gasteiger partial charge in [0.1, 0.15) is 0 Å². The normalized spacial score (nSPS) is 21.4. The van der Waals surface area contributed by atoms with Gasteiger partial charge < -0.3 is 10.6 Å². The van der Waals surface area contributed by atoms with E-state index in [-0.39, 0.29) is 0 Å². The van der Waals surface area contributed by atoms with Crippen molar-refractivity contribution in [1.82, 2.24) is 0 Å². The van der Waals surface area contributed by atoms with Crippen LogP contribution in [0.3, 0.4) is 0 Å². The first-order valence-corrected chi connectivity index (χ1v) is 4.83. The summed E-state index contributed by atoms with van der Waals surface area (Å²) >= 11 is 0. The van der Waals surface area contributed by atoms with Crippen molar-refractivity contribution in [2.24, 2.45) is 5.73 Å². The molecule has 13 heavy (non-hydrogen) atoms. The number of anilines is 1. The molecule has 1 aromatic carbocycles. The number of fused-ring (bicyclic) bond motifs is 1. The number of para-hydroxylation sites is 1. The molecule has 2 nitrogen and oxygen atoms in total. The molecule has 0 unspecified atom stereocenters. The van der Waals surface area contributed by atoms with Crippen LogP contribution >= 0.6 is 0 Å². The molecule has 0 amide bonds. The van der Waals surface area contributed by atoms with Crippen LogP contribution in [-0.2, 0) is 0 Å². The van der Waals surface area contributed by atoms with E-state index in [1.54, 1.807) is 0 Å². The highest BCUT2D eigenvalue weighted by atomic mass is 15.1. The summed E-state index contributed by atoms with van der Waals surface area (Å²) in [4.78, 5) is 2.31. The monoisotopic (exact) mass is 176 g/mol. The van der Waals surface area contributed by atoms with Crippen molar-refractivity contribution >= 4 is 5.69 Å². The quantitative estimate of drug-likeness (QED) is 0.703. The predicted octanol–water partition coefficient (Wildman–Crippen LogP) is 1.57. The van der Waals surface area contributed by atoms with E-state index in [1.807, 2.05) is 0 Å². The van der Waals surface area contributed by atoms with Gasteiger partial charge in [0.25, 0.3) is 0 Å². The maximum absolute atomic E-state index is 5.75. The zero-order chi connectivity index (χ0) is 9.26. The van der Waals surface area contributed by atoms with E-state index in [0.717, 1.165) is 13.1 Å². The molecular weight excluding hydrogens is 160 g/mol. The zero-order valence-electron chi connectivity index (χ0n) is 8.03. The number of hydrogen-bond donors (Lipinski definition) is 1. The van der Waals surface area contributed by atoms with Gasteiger partial charge in [-0.2, -0.15) is 0 Å². The minimum absolute atomic E-state index is 0.562. The van der Waals surface area contributed by atoms with Crippen LogP contribution in [-0.4, -0.2) is 20.1 Å². The summed E-state index contributed by atoms with van der Waals surface area (Å²) in [5, 5.41) is 0. The molecule has 0 saturated carbocycles. The Kier molecular flexibility index (Phi) is 2.23. The van der Waals surface area contributed by atoms with Gasteiger partial charge in [-0.25, -0.2) is 0 Å². The lowest BCUT2D eigenvalue weighted by atomic mass is 9.90. The summed E-state index contributed by atoms with van der Waals surface area (Å²) in [5.41, 5.74) is 8.51. The molecule has 0 spiro atoms. The Morgan fingerprint density at radius 3 is 3.00 bits per heavy atom. The van der Waals surface area contributed by atoms with E-state index >= 15 is 0 Å². The van der Waals surface area contributed by atoms with Crippen LogP contribution in [0.15, 0.2) is 24.3 Å². The van der Waals surface area contributed by atoms with Crippen molar-refractivity contribution < 1.29 is 0 Å². The van der Waals surface area contributed by atoms with Crippen molar-refractivity contribution in [1.29, 1.82) is 0 Å². The highest BCUT2D eigenvalue weighted by molar-refractivity contribution is 5.56. The number of nitrogens with zero attached hydrogens (tertiary/aromatic N) is 1. The molecular formula is C11H16N2.